The molecule has 0 heterocycles. The van der Waals surface area contributed by atoms with Gasteiger partial charge < -0.3 is 5.32 Å². The maximum Gasteiger partial charge on any atom is 0.319 e. The molecule has 0 bridgehead atoms. The molecule has 0 radical (unpaired) electrons. The molecule has 0 aliphatic carbocycles. The highest BCUT2D eigenvalue weighted by Crippen LogP contribution is 2.21. The van der Waals surface area contributed by atoms with Crippen molar-refractivity contribution in [2.24, 2.45) is 0 Å². The summed E-state index contributed by atoms with van der Waals surface area (Å²) in [5, 5.41) is 10.2. The summed E-state index contributed by atoms with van der Waals surface area (Å²) in [7, 11) is 0. The van der Waals surface area contributed by atoms with Crippen molar-refractivity contribution >= 4 is 0 Å². The molecule has 0 aliphatic heterocycles. The second-order valence-electron chi connectivity index (χ2n) is 2.50. The topological polar surface area (TPSA) is 35.8 Å². The minimum absolute atomic E-state index is 0.149. The van der Waals surface area contributed by atoms with Gasteiger partial charge in [-0.25, -0.2) is 8.78 Å². The number of halogens is 4. The second kappa shape index (κ2) is 5.75. The molecule has 6 heteroatoms. The van der Waals surface area contributed by atoms with Crippen LogP contribution < -0.4 is 5.32 Å². The molecule has 1 N–H and O–H groups in total. The Morgan fingerprint density at radius 1 is 1.38 bits per heavy atom. The third-order valence-corrected chi connectivity index (χ3v) is 1.32. The maximum atomic E-state index is 12.2. The van der Waals surface area contributed by atoms with E-state index in [2.05, 4.69) is 5.32 Å². The van der Waals surface area contributed by atoms with E-state index in [9.17, 15) is 17.6 Å². The first kappa shape index (κ1) is 12.2. The fraction of sp³-hybridized carbons (Fsp3) is 0.857. The van der Waals surface area contributed by atoms with Crippen molar-refractivity contribution in [1.82, 2.24) is 5.32 Å². The summed E-state index contributed by atoms with van der Waals surface area (Å²) in [5.74, 6) is -3.98. The fourth-order valence-corrected chi connectivity index (χ4v) is 0.625. The van der Waals surface area contributed by atoms with Gasteiger partial charge in [-0.05, 0) is 13.0 Å². The van der Waals surface area contributed by atoms with Crippen LogP contribution in [0.3, 0.4) is 0 Å². The van der Waals surface area contributed by atoms with E-state index in [4.69, 9.17) is 5.26 Å². The highest BCUT2D eigenvalue weighted by Gasteiger charge is 2.39. The zero-order chi connectivity index (χ0) is 10.3. The number of alkyl halides is 4. The molecule has 0 atom stereocenters. The van der Waals surface area contributed by atoms with Gasteiger partial charge in [0, 0.05) is 6.42 Å². The smallest absolute Gasteiger partial charge is 0.311 e. The number of hydrogen-bond donors (Lipinski definition) is 1. The fourth-order valence-electron chi connectivity index (χ4n) is 0.625. The van der Waals surface area contributed by atoms with Crippen molar-refractivity contribution in [3.63, 3.8) is 0 Å². The summed E-state index contributed by atoms with van der Waals surface area (Å²) in [6.07, 6.45) is -3.03. The molecule has 0 spiro atoms. The highest BCUT2D eigenvalue weighted by molar-refractivity contribution is 4.73. The summed E-state index contributed by atoms with van der Waals surface area (Å²) >= 11 is 0. The molecule has 0 rings (SSSR count). The largest absolute Gasteiger partial charge is 0.319 e. The van der Waals surface area contributed by atoms with Gasteiger partial charge >= 0.3 is 12.3 Å². The van der Waals surface area contributed by atoms with Crippen LogP contribution in [0.25, 0.3) is 0 Å². The molecule has 0 unspecified atom stereocenters. The first-order chi connectivity index (χ1) is 6.00. The Bertz CT molecular complexity index is 176. The molecule has 0 aromatic carbocycles. The highest BCUT2D eigenvalue weighted by atomic mass is 19.3. The van der Waals surface area contributed by atoms with Gasteiger partial charge in [0.15, 0.2) is 0 Å². The average molecular weight is 198 g/mol. The van der Waals surface area contributed by atoms with Crippen LogP contribution >= 0.6 is 0 Å². The predicted octanol–water partition coefficient (Wildman–Crippen LogP) is 1.78. The van der Waals surface area contributed by atoms with Gasteiger partial charge in [0.05, 0.1) is 12.6 Å². The number of nitriles is 1. The zero-order valence-electron chi connectivity index (χ0n) is 6.86. The van der Waals surface area contributed by atoms with Crippen LogP contribution in [0, 0.1) is 11.3 Å². The van der Waals surface area contributed by atoms with Crippen LogP contribution in [0.5, 0.6) is 0 Å². The molecule has 0 fully saturated rings. The molecule has 0 aromatic rings. The van der Waals surface area contributed by atoms with Crippen LogP contribution in [0.15, 0.2) is 0 Å². The van der Waals surface area contributed by atoms with Gasteiger partial charge in [-0.2, -0.15) is 14.0 Å². The molecule has 2 nitrogen and oxygen atoms in total. The maximum absolute atomic E-state index is 12.2. The second-order valence-corrected chi connectivity index (χ2v) is 2.50. The van der Waals surface area contributed by atoms with Crippen molar-refractivity contribution in [3.8, 4) is 6.07 Å². The number of unbranched alkanes of at least 4 members (excludes halogenated alkanes) is 1. The van der Waals surface area contributed by atoms with Gasteiger partial charge in [-0.3, -0.25) is 0 Å². The van der Waals surface area contributed by atoms with Crippen molar-refractivity contribution in [2.75, 3.05) is 13.1 Å². The zero-order valence-corrected chi connectivity index (χ0v) is 6.86. The number of nitrogens with one attached hydrogen (secondary N) is 1. The monoisotopic (exact) mass is 198 g/mol. The van der Waals surface area contributed by atoms with Crippen LogP contribution in [0.2, 0.25) is 0 Å². The molecule has 0 amide bonds. The van der Waals surface area contributed by atoms with Crippen molar-refractivity contribution in [1.29, 1.82) is 5.26 Å². The molecular formula is C7H10F4N2. The Kier molecular flexibility index (Phi) is 5.39. The Balaban J connectivity index is 3.48. The third kappa shape index (κ3) is 5.42. The Morgan fingerprint density at radius 2 is 2.00 bits per heavy atom. The molecule has 0 saturated heterocycles. The van der Waals surface area contributed by atoms with Crippen LogP contribution in [-0.2, 0) is 0 Å². The molecule has 0 aliphatic rings. The summed E-state index contributed by atoms with van der Waals surface area (Å²) in [6, 6.07) is 1.81. The van der Waals surface area contributed by atoms with E-state index in [1.807, 2.05) is 6.07 Å². The van der Waals surface area contributed by atoms with Crippen LogP contribution in [0.4, 0.5) is 17.6 Å². The number of hydrogen-bond acceptors (Lipinski definition) is 2. The van der Waals surface area contributed by atoms with Crippen molar-refractivity contribution in [3.05, 3.63) is 0 Å². The molecule has 13 heavy (non-hydrogen) atoms. The van der Waals surface area contributed by atoms with Crippen LogP contribution in [-0.4, -0.2) is 25.4 Å². The lowest BCUT2D eigenvalue weighted by molar-refractivity contribution is -0.125. The first-order valence-electron chi connectivity index (χ1n) is 3.74. The van der Waals surface area contributed by atoms with Gasteiger partial charge in [-0.15, -0.1) is 0 Å². The lowest BCUT2D eigenvalue weighted by Crippen LogP contribution is -2.39. The molecular weight excluding hydrogens is 188 g/mol. The SMILES string of the molecule is N#CCCCNCC(F)(F)C(F)F. The Labute approximate surface area is 73.5 Å². The summed E-state index contributed by atoms with van der Waals surface area (Å²) in [5.41, 5.74) is 0. The van der Waals surface area contributed by atoms with Crippen molar-refractivity contribution in [2.45, 2.75) is 25.2 Å². The van der Waals surface area contributed by atoms with Crippen molar-refractivity contribution < 1.29 is 17.6 Å². The number of rotatable bonds is 6. The van der Waals surface area contributed by atoms with Gasteiger partial charge in [-0.1, -0.05) is 0 Å². The van der Waals surface area contributed by atoms with E-state index in [1.165, 1.54) is 0 Å². The Hall–Kier alpha value is -0.830. The van der Waals surface area contributed by atoms with E-state index in [-0.39, 0.29) is 13.0 Å². The molecule has 76 valence electrons. The van der Waals surface area contributed by atoms with E-state index < -0.39 is 18.9 Å². The van der Waals surface area contributed by atoms with E-state index >= 15 is 0 Å². The summed E-state index contributed by atoms with van der Waals surface area (Å²) < 4.78 is 47.4. The minimum Gasteiger partial charge on any atom is -0.311 e. The third-order valence-electron chi connectivity index (χ3n) is 1.32. The van der Waals surface area contributed by atoms with Crippen LogP contribution in [0.1, 0.15) is 12.8 Å². The van der Waals surface area contributed by atoms with Gasteiger partial charge in [0.2, 0.25) is 0 Å². The lowest BCUT2D eigenvalue weighted by atomic mass is 10.3. The quantitative estimate of drug-likeness (QED) is 0.521. The number of nitrogens with zero attached hydrogens (tertiary/aromatic N) is 1. The average Bonchev–Trinajstić information content (AvgIpc) is 2.03. The summed E-state index contributed by atoms with van der Waals surface area (Å²) in [6.45, 7) is -0.897. The van der Waals surface area contributed by atoms with E-state index in [0.717, 1.165) is 0 Å². The lowest BCUT2D eigenvalue weighted by Gasteiger charge is -2.15. The first-order valence-corrected chi connectivity index (χ1v) is 3.74. The van der Waals surface area contributed by atoms with E-state index in [0.29, 0.717) is 6.42 Å². The Morgan fingerprint density at radius 3 is 2.46 bits per heavy atom. The minimum atomic E-state index is -3.98. The van der Waals surface area contributed by atoms with Gasteiger partial charge in [0.25, 0.3) is 0 Å². The van der Waals surface area contributed by atoms with Gasteiger partial charge in [0.1, 0.15) is 0 Å². The molecule has 0 saturated carbocycles. The summed E-state index contributed by atoms with van der Waals surface area (Å²) in [4.78, 5) is 0. The molecule has 0 aromatic heterocycles. The predicted molar refractivity (Wildman–Crippen MR) is 38.7 cm³/mol. The normalized spacial score (nSPS) is 11.7. The van der Waals surface area contributed by atoms with E-state index in [1.54, 1.807) is 0 Å². The standard InChI is InChI=1S/C7H10F4N2/c8-6(9)7(10,11)5-13-4-2-1-3-12/h6,13H,1-2,4-5H2.